The Morgan fingerprint density at radius 2 is 2.20 bits per heavy atom. The van der Waals surface area contributed by atoms with Crippen LogP contribution in [0.1, 0.15) is 19.7 Å². The summed E-state index contributed by atoms with van der Waals surface area (Å²) in [4.78, 5) is 7.20. The Bertz CT molecular complexity index is 632. The van der Waals surface area contributed by atoms with E-state index < -0.39 is 0 Å². The number of hydrogen-bond donors (Lipinski definition) is 1. The van der Waals surface area contributed by atoms with Crippen LogP contribution in [-0.2, 0) is 13.6 Å². The Labute approximate surface area is 124 Å². The smallest absolute Gasteiger partial charge is 0.123 e. The lowest BCUT2D eigenvalue weighted by Gasteiger charge is -2.38. The van der Waals surface area contributed by atoms with Crippen LogP contribution < -0.4 is 5.32 Å². The Morgan fingerprint density at radius 1 is 1.40 bits per heavy atom. The third-order valence-electron chi connectivity index (χ3n) is 3.95. The fraction of sp³-hybridized carbons (Fsp3) is 0.533. The van der Waals surface area contributed by atoms with Crippen molar-refractivity contribution in [2.75, 3.05) is 19.6 Å². The molecule has 2 heterocycles. The van der Waals surface area contributed by atoms with Gasteiger partial charge < -0.3 is 9.88 Å². The number of nitrogens with zero attached hydrogens (tertiary/aromatic N) is 3. The first-order valence-electron chi connectivity index (χ1n) is 7.03. The summed E-state index contributed by atoms with van der Waals surface area (Å²) < 4.78 is 2.15. The first-order valence-corrected chi connectivity index (χ1v) is 7.41. The van der Waals surface area contributed by atoms with Gasteiger partial charge in [-0.3, -0.25) is 4.90 Å². The van der Waals surface area contributed by atoms with E-state index in [9.17, 15) is 0 Å². The molecule has 108 valence electrons. The van der Waals surface area contributed by atoms with Crippen molar-refractivity contribution in [2.45, 2.75) is 25.9 Å². The van der Waals surface area contributed by atoms with Gasteiger partial charge in [-0.15, -0.1) is 0 Å². The summed E-state index contributed by atoms with van der Waals surface area (Å²) in [6.07, 6.45) is 0. The number of aryl methyl sites for hydroxylation is 1. The molecular formula is C15H21ClN4. The summed E-state index contributed by atoms with van der Waals surface area (Å²) in [6, 6.07) is 5.87. The molecule has 0 saturated carbocycles. The molecule has 0 bridgehead atoms. The van der Waals surface area contributed by atoms with Crippen molar-refractivity contribution < 1.29 is 0 Å². The van der Waals surface area contributed by atoms with Crippen molar-refractivity contribution in [3.63, 3.8) is 0 Å². The van der Waals surface area contributed by atoms with Crippen LogP contribution in [0.15, 0.2) is 18.2 Å². The second-order valence-electron chi connectivity index (χ2n) is 6.24. The molecule has 1 saturated heterocycles. The number of halogens is 1. The Morgan fingerprint density at radius 3 is 2.95 bits per heavy atom. The largest absolute Gasteiger partial charge is 0.330 e. The summed E-state index contributed by atoms with van der Waals surface area (Å²) in [5, 5.41) is 4.30. The van der Waals surface area contributed by atoms with E-state index in [1.807, 2.05) is 18.2 Å². The standard InChI is InChI=1S/C15H21ClN4/c1-15(2)10-20(7-6-17-15)9-14-18-12-5-4-11(16)8-13(12)19(14)3/h4-5,8,17H,6-7,9-10H2,1-3H3. The molecular weight excluding hydrogens is 272 g/mol. The highest BCUT2D eigenvalue weighted by atomic mass is 35.5. The van der Waals surface area contributed by atoms with Crippen LogP contribution >= 0.6 is 11.6 Å². The van der Waals surface area contributed by atoms with Crippen molar-refractivity contribution in [2.24, 2.45) is 7.05 Å². The molecule has 1 aliphatic heterocycles. The van der Waals surface area contributed by atoms with Crippen LogP contribution in [0.3, 0.4) is 0 Å². The van der Waals surface area contributed by atoms with Crippen LogP contribution in [-0.4, -0.2) is 39.6 Å². The molecule has 20 heavy (non-hydrogen) atoms. The molecule has 1 N–H and O–H groups in total. The number of nitrogens with one attached hydrogen (secondary N) is 1. The predicted molar refractivity (Wildman–Crippen MR) is 83.1 cm³/mol. The van der Waals surface area contributed by atoms with E-state index in [0.29, 0.717) is 0 Å². The van der Waals surface area contributed by atoms with Gasteiger partial charge in [0, 0.05) is 37.2 Å². The Kier molecular flexibility index (Phi) is 3.48. The lowest BCUT2D eigenvalue weighted by Crippen LogP contribution is -2.56. The average Bonchev–Trinajstić information content (AvgIpc) is 2.66. The van der Waals surface area contributed by atoms with Gasteiger partial charge in [-0.05, 0) is 32.0 Å². The third kappa shape index (κ3) is 2.68. The normalized spacial score (nSPS) is 19.6. The molecule has 4 nitrogen and oxygen atoms in total. The fourth-order valence-corrected chi connectivity index (χ4v) is 3.10. The first kappa shape index (κ1) is 13.9. The van der Waals surface area contributed by atoms with E-state index in [-0.39, 0.29) is 5.54 Å². The number of hydrogen-bond acceptors (Lipinski definition) is 3. The van der Waals surface area contributed by atoms with E-state index in [1.54, 1.807) is 0 Å². The van der Waals surface area contributed by atoms with Gasteiger partial charge in [0.1, 0.15) is 5.82 Å². The molecule has 0 radical (unpaired) electrons. The summed E-state index contributed by atoms with van der Waals surface area (Å²) in [6.45, 7) is 8.50. The quantitative estimate of drug-likeness (QED) is 0.923. The fourth-order valence-electron chi connectivity index (χ4n) is 2.94. The summed E-state index contributed by atoms with van der Waals surface area (Å²) in [5.41, 5.74) is 2.29. The molecule has 0 spiro atoms. The lowest BCUT2D eigenvalue weighted by molar-refractivity contribution is 0.144. The SMILES string of the molecule is Cn1c(CN2CCNC(C)(C)C2)nc2ccc(Cl)cc21. The summed E-state index contributed by atoms with van der Waals surface area (Å²) in [5.74, 6) is 1.10. The molecule has 0 atom stereocenters. The monoisotopic (exact) mass is 292 g/mol. The van der Waals surface area contributed by atoms with Crippen molar-refractivity contribution in [3.05, 3.63) is 29.0 Å². The zero-order valence-corrected chi connectivity index (χ0v) is 13.0. The van der Waals surface area contributed by atoms with Gasteiger partial charge in [0.15, 0.2) is 0 Å². The topological polar surface area (TPSA) is 33.1 Å². The molecule has 0 unspecified atom stereocenters. The van der Waals surface area contributed by atoms with Crippen LogP contribution in [0.25, 0.3) is 11.0 Å². The Balaban J connectivity index is 1.86. The molecule has 1 aromatic heterocycles. The second-order valence-corrected chi connectivity index (χ2v) is 6.68. The molecule has 1 aliphatic rings. The number of fused-ring (bicyclic) bond motifs is 1. The van der Waals surface area contributed by atoms with Crippen molar-refractivity contribution in [1.29, 1.82) is 0 Å². The number of piperazine rings is 1. The van der Waals surface area contributed by atoms with Gasteiger partial charge in [-0.2, -0.15) is 0 Å². The minimum absolute atomic E-state index is 0.173. The Hall–Kier alpha value is -1.10. The second kappa shape index (κ2) is 5.02. The molecule has 0 amide bonds. The van der Waals surface area contributed by atoms with Gasteiger partial charge in [-0.1, -0.05) is 11.6 Å². The maximum absolute atomic E-state index is 6.07. The van der Waals surface area contributed by atoms with E-state index in [0.717, 1.165) is 48.1 Å². The maximum Gasteiger partial charge on any atom is 0.123 e. The number of rotatable bonds is 2. The van der Waals surface area contributed by atoms with Gasteiger partial charge in [-0.25, -0.2) is 4.98 Å². The molecule has 1 fully saturated rings. The van der Waals surface area contributed by atoms with Crippen LogP contribution in [0, 0.1) is 0 Å². The molecule has 0 aliphatic carbocycles. The highest BCUT2D eigenvalue weighted by molar-refractivity contribution is 6.31. The zero-order valence-electron chi connectivity index (χ0n) is 12.3. The maximum atomic E-state index is 6.07. The third-order valence-corrected chi connectivity index (χ3v) is 4.19. The highest BCUT2D eigenvalue weighted by Crippen LogP contribution is 2.21. The molecule has 3 rings (SSSR count). The van der Waals surface area contributed by atoms with Crippen molar-refractivity contribution >= 4 is 22.6 Å². The molecule has 1 aromatic carbocycles. The number of benzene rings is 1. The average molecular weight is 293 g/mol. The number of imidazole rings is 1. The van der Waals surface area contributed by atoms with Crippen molar-refractivity contribution in [1.82, 2.24) is 19.8 Å². The van der Waals surface area contributed by atoms with E-state index in [4.69, 9.17) is 16.6 Å². The lowest BCUT2D eigenvalue weighted by atomic mass is 10.0. The van der Waals surface area contributed by atoms with Gasteiger partial charge in [0.25, 0.3) is 0 Å². The van der Waals surface area contributed by atoms with E-state index in [2.05, 4.69) is 35.7 Å². The van der Waals surface area contributed by atoms with Crippen LogP contribution in [0.4, 0.5) is 0 Å². The molecule has 2 aromatic rings. The first-order chi connectivity index (χ1) is 9.44. The van der Waals surface area contributed by atoms with Gasteiger partial charge >= 0.3 is 0 Å². The predicted octanol–water partition coefficient (Wildman–Crippen LogP) is 2.41. The van der Waals surface area contributed by atoms with E-state index >= 15 is 0 Å². The van der Waals surface area contributed by atoms with Gasteiger partial charge in [0.05, 0.1) is 17.6 Å². The molecule has 5 heteroatoms. The summed E-state index contributed by atoms with van der Waals surface area (Å²) in [7, 11) is 2.06. The van der Waals surface area contributed by atoms with Gasteiger partial charge in [0.2, 0.25) is 0 Å². The minimum atomic E-state index is 0.173. The van der Waals surface area contributed by atoms with Crippen molar-refractivity contribution in [3.8, 4) is 0 Å². The minimum Gasteiger partial charge on any atom is -0.330 e. The highest BCUT2D eigenvalue weighted by Gasteiger charge is 2.26. The van der Waals surface area contributed by atoms with Crippen LogP contribution in [0.2, 0.25) is 5.02 Å². The number of aromatic nitrogens is 2. The van der Waals surface area contributed by atoms with E-state index in [1.165, 1.54) is 0 Å². The van der Waals surface area contributed by atoms with Crippen LogP contribution in [0.5, 0.6) is 0 Å². The summed E-state index contributed by atoms with van der Waals surface area (Å²) >= 11 is 6.07. The zero-order chi connectivity index (χ0) is 14.3.